The molecule has 4 nitrogen and oxygen atoms in total. The number of hydrogen-bond donors (Lipinski definition) is 3. The summed E-state index contributed by atoms with van der Waals surface area (Å²) in [5.41, 5.74) is 5.52. The van der Waals surface area contributed by atoms with Crippen LogP contribution in [-0.4, -0.2) is 16.8 Å². The summed E-state index contributed by atoms with van der Waals surface area (Å²) in [6.07, 6.45) is 0. The molecule has 0 aliphatic carbocycles. The third kappa shape index (κ3) is 1.82. The fourth-order valence-corrected chi connectivity index (χ4v) is 1.02. The van der Waals surface area contributed by atoms with Crippen molar-refractivity contribution in [3.8, 4) is 11.8 Å². The zero-order valence-electron chi connectivity index (χ0n) is 7.24. The summed E-state index contributed by atoms with van der Waals surface area (Å²) >= 11 is 0. The number of nitrogens with two attached hydrogens (primary N) is 1. The van der Waals surface area contributed by atoms with E-state index in [0.717, 1.165) is 6.07 Å². The predicted molar refractivity (Wildman–Crippen MR) is 46.8 cm³/mol. The van der Waals surface area contributed by atoms with Crippen LogP contribution in [0.15, 0.2) is 12.1 Å². The second-order valence-corrected chi connectivity index (χ2v) is 2.80. The zero-order valence-corrected chi connectivity index (χ0v) is 7.24. The van der Waals surface area contributed by atoms with Gasteiger partial charge in [0, 0.05) is 0 Å². The molecule has 0 heterocycles. The number of phenols is 1. The largest absolute Gasteiger partial charge is 0.504 e. The van der Waals surface area contributed by atoms with Gasteiger partial charge in [0.15, 0.2) is 11.6 Å². The van der Waals surface area contributed by atoms with Crippen LogP contribution >= 0.6 is 0 Å². The molecule has 0 aliphatic rings. The van der Waals surface area contributed by atoms with Gasteiger partial charge in [-0.2, -0.15) is 5.26 Å². The SMILES string of the molecule is N#Cc1cc(C(N)CO)cc(F)c1O. The zero-order chi connectivity index (χ0) is 10.7. The van der Waals surface area contributed by atoms with Crippen LogP contribution in [0.1, 0.15) is 17.2 Å². The van der Waals surface area contributed by atoms with Crippen molar-refractivity contribution in [1.82, 2.24) is 0 Å². The number of phenolic OH excluding ortho intramolecular Hbond substituents is 1. The maximum absolute atomic E-state index is 13.0. The fourth-order valence-electron chi connectivity index (χ4n) is 1.02. The Hall–Kier alpha value is -1.64. The Morgan fingerprint density at radius 3 is 2.71 bits per heavy atom. The lowest BCUT2D eigenvalue weighted by molar-refractivity contribution is 0.267. The van der Waals surface area contributed by atoms with Gasteiger partial charge in [-0.05, 0) is 17.7 Å². The van der Waals surface area contributed by atoms with E-state index in [1.54, 1.807) is 6.07 Å². The van der Waals surface area contributed by atoms with Crippen LogP contribution in [0.5, 0.6) is 5.75 Å². The van der Waals surface area contributed by atoms with E-state index in [2.05, 4.69) is 0 Å². The predicted octanol–water partition coefficient (Wildman–Crippen LogP) is 0.395. The molecule has 1 rings (SSSR count). The molecule has 1 unspecified atom stereocenters. The van der Waals surface area contributed by atoms with Crippen LogP contribution in [0.2, 0.25) is 0 Å². The maximum Gasteiger partial charge on any atom is 0.169 e. The summed E-state index contributed by atoms with van der Waals surface area (Å²) in [4.78, 5) is 0. The van der Waals surface area contributed by atoms with Crippen molar-refractivity contribution in [3.63, 3.8) is 0 Å². The molecule has 5 heteroatoms. The average Bonchev–Trinajstić information content (AvgIpc) is 2.20. The van der Waals surface area contributed by atoms with Crippen LogP contribution in [-0.2, 0) is 0 Å². The third-order valence-electron chi connectivity index (χ3n) is 1.83. The van der Waals surface area contributed by atoms with Gasteiger partial charge in [0.05, 0.1) is 18.2 Å². The minimum Gasteiger partial charge on any atom is -0.504 e. The molecule has 0 saturated heterocycles. The number of aliphatic hydroxyl groups is 1. The van der Waals surface area contributed by atoms with Crippen LogP contribution in [0.25, 0.3) is 0 Å². The van der Waals surface area contributed by atoms with E-state index in [1.165, 1.54) is 6.07 Å². The molecule has 0 bridgehead atoms. The highest BCUT2D eigenvalue weighted by Crippen LogP contribution is 2.24. The summed E-state index contributed by atoms with van der Waals surface area (Å²) in [6, 6.07) is 3.12. The van der Waals surface area contributed by atoms with Gasteiger partial charge in [-0.15, -0.1) is 0 Å². The van der Waals surface area contributed by atoms with E-state index in [0.29, 0.717) is 0 Å². The number of hydrogen-bond acceptors (Lipinski definition) is 4. The smallest absolute Gasteiger partial charge is 0.169 e. The topological polar surface area (TPSA) is 90.3 Å². The lowest BCUT2D eigenvalue weighted by atomic mass is 10.0. The lowest BCUT2D eigenvalue weighted by Gasteiger charge is -2.09. The third-order valence-corrected chi connectivity index (χ3v) is 1.83. The Balaban J connectivity index is 3.24. The van der Waals surface area contributed by atoms with Gasteiger partial charge in [0.2, 0.25) is 0 Å². The Labute approximate surface area is 80.0 Å². The first-order valence-corrected chi connectivity index (χ1v) is 3.89. The summed E-state index contributed by atoms with van der Waals surface area (Å²) in [7, 11) is 0. The number of aliphatic hydroxyl groups excluding tert-OH is 1. The Kier molecular flexibility index (Phi) is 3.02. The maximum atomic E-state index is 13.0. The molecule has 74 valence electrons. The van der Waals surface area contributed by atoms with Gasteiger partial charge in [-0.3, -0.25) is 0 Å². The van der Waals surface area contributed by atoms with Crippen molar-refractivity contribution in [2.45, 2.75) is 6.04 Å². The number of nitriles is 1. The highest BCUT2D eigenvalue weighted by molar-refractivity contribution is 5.46. The molecule has 1 atom stereocenters. The van der Waals surface area contributed by atoms with Crippen molar-refractivity contribution < 1.29 is 14.6 Å². The highest BCUT2D eigenvalue weighted by Gasteiger charge is 2.13. The molecule has 0 radical (unpaired) electrons. The fraction of sp³-hybridized carbons (Fsp3) is 0.222. The second kappa shape index (κ2) is 4.05. The van der Waals surface area contributed by atoms with E-state index in [1.807, 2.05) is 0 Å². The molecule has 4 N–H and O–H groups in total. The van der Waals surface area contributed by atoms with E-state index in [9.17, 15) is 4.39 Å². The number of rotatable bonds is 2. The second-order valence-electron chi connectivity index (χ2n) is 2.80. The van der Waals surface area contributed by atoms with Gasteiger partial charge in [-0.25, -0.2) is 4.39 Å². The molecule has 14 heavy (non-hydrogen) atoms. The molecular weight excluding hydrogens is 187 g/mol. The summed E-state index contributed by atoms with van der Waals surface area (Å²) < 4.78 is 13.0. The molecule has 0 fully saturated rings. The van der Waals surface area contributed by atoms with Crippen LogP contribution in [0, 0.1) is 17.1 Å². The molecule has 1 aromatic carbocycles. The average molecular weight is 196 g/mol. The molecule has 0 aromatic heterocycles. The number of nitrogens with zero attached hydrogens (tertiary/aromatic N) is 1. The van der Waals surface area contributed by atoms with Crippen molar-refractivity contribution in [2.24, 2.45) is 5.73 Å². The number of benzene rings is 1. The highest BCUT2D eigenvalue weighted by atomic mass is 19.1. The summed E-state index contributed by atoms with van der Waals surface area (Å²) in [5.74, 6) is -1.61. The standard InChI is InChI=1S/C9H9FN2O2/c10-7-2-5(8(12)4-13)1-6(3-11)9(7)14/h1-2,8,13-14H,4,12H2. The number of aromatic hydroxyl groups is 1. The normalized spacial score (nSPS) is 12.1. The van der Waals surface area contributed by atoms with E-state index in [-0.39, 0.29) is 17.7 Å². The summed E-state index contributed by atoms with van der Waals surface area (Å²) in [5, 5.41) is 26.3. The Bertz CT molecular complexity index is 387. The van der Waals surface area contributed by atoms with Gasteiger partial charge >= 0.3 is 0 Å². The first-order chi connectivity index (χ1) is 6.60. The first-order valence-electron chi connectivity index (χ1n) is 3.89. The van der Waals surface area contributed by atoms with Gasteiger partial charge in [-0.1, -0.05) is 0 Å². The monoisotopic (exact) mass is 196 g/mol. The number of halogens is 1. The molecule has 1 aromatic rings. The van der Waals surface area contributed by atoms with Gasteiger partial charge < -0.3 is 15.9 Å². The van der Waals surface area contributed by atoms with E-state index >= 15 is 0 Å². The molecular formula is C9H9FN2O2. The van der Waals surface area contributed by atoms with E-state index in [4.69, 9.17) is 21.2 Å². The lowest BCUT2D eigenvalue weighted by Crippen LogP contribution is -2.14. The molecule has 0 amide bonds. The first kappa shape index (κ1) is 10.4. The van der Waals surface area contributed by atoms with Gasteiger partial charge in [0.25, 0.3) is 0 Å². The Morgan fingerprint density at radius 1 is 1.57 bits per heavy atom. The van der Waals surface area contributed by atoms with Crippen molar-refractivity contribution in [1.29, 1.82) is 5.26 Å². The van der Waals surface area contributed by atoms with Crippen molar-refractivity contribution >= 4 is 0 Å². The quantitative estimate of drug-likeness (QED) is 0.638. The van der Waals surface area contributed by atoms with Crippen molar-refractivity contribution in [3.05, 3.63) is 29.1 Å². The minimum absolute atomic E-state index is 0.191. The van der Waals surface area contributed by atoms with Crippen LogP contribution in [0.3, 0.4) is 0 Å². The molecule has 0 spiro atoms. The molecule has 0 aliphatic heterocycles. The summed E-state index contributed by atoms with van der Waals surface area (Å²) in [6.45, 7) is -0.352. The Morgan fingerprint density at radius 2 is 2.21 bits per heavy atom. The van der Waals surface area contributed by atoms with Crippen molar-refractivity contribution in [2.75, 3.05) is 6.61 Å². The minimum atomic E-state index is -0.914. The van der Waals surface area contributed by atoms with Crippen LogP contribution in [0.4, 0.5) is 4.39 Å². The van der Waals surface area contributed by atoms with Gasteiger partial charge in [0.1, 0.15) is 6.07 Å². The van der Waals surface area contributed by atoms with Crippen LogP contribution < -0.4 is 5.73 Å². The molecule has 0 saturated carbocycles. The van der Waals surface area contributed by atoms with E-state index < -0.39 is 17.6 Å².